The highest BCUT2D eigenvalue weighted by Gasteiger charge is 2.15. The van der Waals surface area contributed by atoms with Crippen molar-refractivity contribution in [3.05, 3.63) is 57.3 Å². The molecule has 0 radical (unpaired) electrons. The quantitative estimate of drug-likeness (QED) is 0.506. The van der Waals surface area contributed by atoms with Crippen molar-refractivity contribution in [2.45, 2.75) is 13.5 Å². The van der Waals surface area contributed by atoms with Crippen molar-refractivity contribution in [3.63, 3.8) is 0 Å². The molecule has 0 aromatic carbocycles. The van der Waals surface area contributed by atoms with Crippen molar-refractivity contribution >= 4 is 22.8 Å². The Balaban J connectivity index is 1.90. The van der Waals surface area contributed by atoms with E-state index in [0.717, 1.165) is 4.57 Å². The molecule has 3 aromatic rings. The fourth-order valence-electron chi connectivity index (χ4n) is 2.50. The maximum atomic E-state index is 12.4. The molecular formula is C16H17N7O3. The zero-order chi connectivity index (χ0) is 18.8. The number of pyridine rings is 1. The van der Waals surface area contributed by atoms with Crippen LogP contribution in [0.15, 0.2) is 45.5 Å². The van der Waals surface area contributed by atoms with Gasteiger partial charge in [-0.05, 0) is 19.1 Å². The van der Waals surface area contributed by atoms with Gasteiger partial charge in [-0.2, -0.15) is 5.10 Å². The average Bonchev–Trinajstić information content (AvgIpc) is 3.03. The van der Waals surface area contributed by atoms with Crippen LogP contribution < -0.4 is 16.7 Å². The number of fused-ring (bicyclic) bond motifs is 1. The number of hydrogen-bond acceptors (Lipinski definition) is 6. The molecule has 0 atom stereocenters. The summed E-state index contributed by atoms with van der Waals surface area (Å²) in [4.78, 5) is 44.7. The predicted molar refractivity (Wildman–Crippen MR) is 95.0 cm³/mol. The first-order valence-corrected chi connectivity index (χ1v) is 7.74. The van der Waals surface area contributed by atoms with Gasteiger partial charge in [-0.1, -0.05) is 0 Å². The molecule has 1 N–H and O–H groups in total. The molecule has 10 nitrogen and oxygen atoms in total. The number of hydrogen-bond donors (Lipinski definition) is 1. The van der Waals surface area contributed by atoms with Gasteiger partial charge in [0, 0.05) is 32.1 Å². The number of aryl methyl sites for hydroxylation is 1. The van der Waals surface area contributed by atoms with Crippen LogP contribution >= 0.6 is 0 Å². The first-order chi connectivity index (χ1) is 12.4. The van der Waals surface area contributed by atoms with Crippen molar-refractivity contribution in [2.75, 3.05) is 0 Å². The van der Waals surface area contributed by atoms with Crippen molar-refractivity contribution in [2.24, 2.45) is 19.2 Å². The van der Waals surface area contributed by atoms with Crippen molar-refractivity contribution < 1.29 is 4.79 Å². The Morgan fingerprint density at radius 3 is 2.62 bits per heavy atom. The third-order valence-electron chi connectivity index (χ3n) is 3.88. The number of amides is 1. The fraction of sp³-hybridized carbons (Fsp3) is 0.250. The largest absolute Gasteiger partial charge is 0.332 e. The average molecular weight is 355 g/mol. The van der Waals surface area contributed by atoms with Crippen LogP contribution in [0.5, 0.6) is 0 Å². The minimum atomic E-state index is -0.504. The smallest absolute Gasteiger partial charge is 0.328 e. The molecule has 1 amide bonds. The summed E-state index contributed by atoms with van der Waals surface area (Å²) in [5, 5.41) is 4.02. The second-order valence-corrected chi connectivity index (χ2v) is 5.78. The molecule has 0 saturated heterocycles. The van der Waals surface area contributed by atoms with Gasteiger partial charge in [-0.15, -0.1) is 0 Å². The number of rotatable bonds is 4. The van der Waals surface area contributed by atoms with E-state index in [1.54, 1.807) is 30.7 Å². The van der Waals surface area contributed by atoms with E-state index in [1.807, 2.05) is 0 Å². The van der Waals surface area contributed by atoms with E-state index in [1.165, 1.54) is 30.3 Å². The number of carbonyl (C=O) groups is 1. The van der Waals surface area contributed by atoms with Crippen LogP contribution in [-0.2, 0) is 20.6 Å². The Kier molecular flexibility index (Phi) is 4.48. The van der Waals surface area contributed by atoms with Crippen LogP contribution in [0, 0.1) is 0 Å². The molecule has 0 bridgehead atoms. The molecule has 0 unspecified atom stereocenters. The Morgan fingerprint density at radius 2 is 1.92 bits per heavy atom. The first-order valence-electron chi connectivity index (χ1n) is 7.74. The van der Waals surface area contributed by atoms with Crippen LogP contribution in [-0.4, -0.2) is 35.3 Å². The highest BCUT2D eigenvalue weighted by Crippen LogP contribution is 2.04. The third kappa shape index (κ3) is 3.04. The standard InChI is InChI=1S/C16H17N7O3/c1-10(19-20-14(24)11-4-6-17-7-5-11)8-23-13-12(21(2)9-18-13)15(25)22(3)16(23)26/h4-7,9H,8H2,1-3H3,(H,20,24). The lowest BCUT2D eigenvalue weighted by Crippen LogP contribution is -2.39. The lowest BCUT2D eigenvalue weighted by Gasteiger charge is -2.09. The van der Waals surface area contributed by atoms with Crippen molar-refractivity contribution in [1.82, 2.24) is 29.1 Å². The lowest BCUT2D eigenvalue weighted by atomic mass is 10.3. The maximum Gasteiger partial charge on any atom is 0.332 e. The molecule has 0 aliphatic heterocycles. The van der Waals surface area contributed by atoms with Gasteiger partial charge in [-0.25, -0.2) is 15.2 Å². The molecule has 0 fully saturated rings. The fourth-order valence-corrected chi connectivity index (χ4v) is 2.50. The summed E-state index contributed by atoms with van der Waals surface area (Å²) >= 11 is 0. The van der Waals surface area contributed by atoms with Crippen molar-refractivity contribution in [1.29, 1.82) is 0 Å². The van der Waals surface area contributed by atoms with Gasteiger partial charge in [0.1, 0.15) is 0 Å². The van der Waals surface area contributed by atoms with E-state index >= 15 is 0 Å². The molecular weight excluding hydrogens is 338 g/mol. The van der Waals surface area contributed by atoms with Gasteiger partial charge < -0.3 is 4.57 Å². The summed E-state index contributed by atoms with van der Waals surface area (Å²) in [6.45, 7) is 1.75. The van der Waals surface area contributed by atoms with Crippen LogP contribution in [0.2, 0.25) is 0 Å². The highest BCUT2D eigenvalue weighted by molar-refractivity contribution is 5.95. The molecule has 0 spiro atoms. The maximum absolute atomic E-state index is 12.4. The van der Waals surface area contributed by atoms with Crippen LogP contribution in [0.1, 0.15) is 17.3 Å². The summed E-state index contributed by atoms with van der Waals surface area (Å²) in [5.74, 6) is -0.387. The van der Waals surface area contributed by atoms with Gasteiger partial charge >= 0.3 is 5.69 Å². The predicted octanol–water partition coefficient (Wildman–Crippen LogP) is -0.365. The molecule has 3 aromatic heterocycles. The highest BCUT2D eigenvalue weighted by atomic mass is 16.2. The van der Waals surface area contributed by atoms with E-state index in [4.69, 9.17) is 0 Å². The number of nitrogens with one attached hydrogen (secondary N) is 1. The van der Waals surface area contributed by atoms with Gasteiger partial charge in [0.05, 0.1) is 18.6 Å². The molecule has 134 valence electrons. The number of aromatic nitrogens is 5. The lowest BCUT2D eigenvalue weighted by molar-refractivity contribution is 0.0954. The number of imidazole rings is 1. The van der Waals surface area contributed by atoms with Gasteiger partial charge in [0.2, 0.25) is 0 Å². The Bertz CT molecular complexity index is 1120. The summed E-state index contributed by atoms with van der Waals surface area (Å²) in [5.41, 5.74) is 3.00. The molecule has 0 saturated carbocycles. The normalized spacial score (nSPS) is 11.7. The van der Waals surface area contributed by atoms with Gasteiger partial charge in [0.15, 0.2) is 11.2 Å². The van der Waals surface area contributed by atoms with Crippen LogP contribution in [0.3, 0.4) is 0 Å². The van der Waals surface area contributed by atoms with E-state index in [0.29, 0.717) is 16.8 Å². The summed E-state index contributed by atoms with van der Waals surface area (Å²) < 4.78 is 3.92. The molecule has 26 heavy (non-hydrogen) atoms. The summed E-state index contributed by atoms with van der Waals surface area (Å²) in [7, 11) is 3.09. The van der Waals surface area contributed by atoms with Crippen molar-refractivity contribution in [3.8, 4) is 0 Å². The van der Waals surface area contributed by atoms with Crippen LogP contribution in [0.4, 0.5) is 0 Å². The van der Waals surface area contributed by atoms with Gasteiger partial charge in [0.25, 0.3) is 11.5 Å². The number of hydrazone groups is 1. The molecule has 0 aliphatic rings. The minimum Gasteiger partial charge on any atom is -0.328 e. The molecule has 3 rings (SSSR count). The van der Waals surface area contributed by atoms with E-state index in [2.05, 4.69) is 20.5 Å². The third-order valence-corrected chi connectivity index (χ3v) is 3.88. The second-order valence-electron chi connectivity index (χ2n) is 5.78. The first kappa shape index (κ1) is 17.3. The molecule has 10 heteroatoms. The number of carbonyl (C=O) groups excluding carboxylic acids is 1. The molecule has 0 aliphatic carbocycles. The van der Waals surface area contributed by atoms with E-state index < -0.39 is 11.2 Å². The second kappa shape index (κ2) is 6.75. The zero-order valence-corrected chi connectivity index (χ0v) is 14.5. The Morgan fingerprint density at radius 1 is 1.23 bits per heavy atom. The summed E-state index contributed by atoms with van der Waals surface area (Å²) in [6, 6.07) is 3.13. The SMILES string of the molecule is CC(Cn1c(=O)n(C)c(=O)c2c1ncn2C)=NNC(=O)c1ccncc1. The Hall–Kier alpha value is -3.56. The summed E-state index contributed by atoms with van der Waals surface area (Å²) in [6.07, 6.45) is 4.49. The monoisotopic (exact) mass is 355 g/mol. The van der Waals surface area contributed by atoms with Crippen LogP contribution in [0.25, 0.3) is 11.2 Å². The zero-order valence-electron chi connectivity index (χ0n) is 14.5. The minimum absolute atomic E-state index is 0.0804. The van der Waals surface area contributed by atoms with Gasteiger partial charge in [-0.3, -0.25) is 23.7 Å². The van der Waals surface area contributed by atoms with E-state index in [-0.39, 0.29) is 18.1 Å². The topological polar surface area (TPSA) is 116 Å². The Labute approximate surface area is 147 Å². The van der Waals surface area contributed by atoms with E-state index in [9.17, 15) is 14.4 Å². The number of nitrogens with zero attached hydrogens (tertiary/aromatic N) is 6. The molecule has 3 heterocycles.